The molecule has 1 fully saturated rings. The summed E-state index contributed by atoms with van der Waals surface area (Å²) < 4.78 is 47.8. The van der Waals surface area contributed by atoms with Crippen molar-refractivity contribution in [3.63, 3.8) is 0 Å². The van der Waals surface area contributed by atoms with Crippen LogP contribution in [0.3, 0.4) is 0 Å². The Kier molecular flexibility index (Phi) is 10.0. The minimum Gasteiger partial charge on any atom is -0.490 e. The highest BCUT2D eigenvalue weighted by atomic mass is 35.5. The zero-order chi connectivity index (χ0) is 32.5. The highest BCUT2D eigenvalue weighted by Crippen LogP contribution is 2.47. The van der Waals surface area contributed by atoms with Gasteiger partial charge in [-0.3, -0.25) is 4.79 Å². The first-order valence-electron chi connectivity index (χ1n) is 16.8. The molecule has 2 aromatic rings. The van der Waals surface area contributed by atoms with Crippen molar-refractivity contribution in [2.24, 2.45) is 17.8 Å². The number of nitrogens with one attached hydrogen (secondary N) is 1. The predicted molar refractivity (Wildman–Crippen MR) is 181 cm³/mol. The van der Waals surface area contributed by atoms with Crippen LogP contribution in [0.1, 0.15) is 73.9 Å². The molecule has 2 heterocycles. The van der Waals surface area contributed by atoms with Crippen LogP contribution in [-0.2, 0) is 31.3 Å². The summed E-state index contributed by atoms with van der Waals surface area (Å²) in [7, 11) is -2.25. The van der Waals surface area contributed by atoms with Gasteiger partial charge in [0.2, 0.25) is 10.0 Å². The van der Waals surface area contributed by atoms with E-state index in [0.717, 1.165) is 55.9 Å². The highest BCUT2D eigenvalue weighted by Gasteiger charge is 2.44. The Morgan fingerprint density at radius 2 is 2.00 bits per heavy atom. The summed E-state index contributed by atoms with van der Waals surface area (Å²) in [4.78, 5) is 15.9. The largest absolute Gasteiger partial charge is 0.490 e. The number of anilines is 1. The number of ether oxygens (including phenoxy) is 3. The second kappa shape index (κ2) is 13.9. The molecule has 10 heteroatoms. The van der Waals surface area contributed by atoms with E-state index >= 15 is 0 Å². The number of halogens is 1. The molecule has 0 radical (unpaired) electrons. The molecule has 4 aliphatic rings. The summed E-state index contributed by atoms with van der Waals surface area (Å²) in [6, 6.07) is 11.6. The number of carbonyl (C=O) groups is 1. The van der Waals surface area contributed by atoms with Crippen molar-refractivity contribution in [3.8, 4) is 5.75 Å². The number of methoxy groups -OCH3 is 1. The van der Waals surface area contributed by atoms with Crippen molar-refractivity contribution >= 4 is 33.2 Å². The number of nitrogens with zero attached hydrogens (tertiary/aromatic N) is 1. The molecule has 2 aromatic carbocycles. The summed E-state index contributed by atoms with van der Waals surface area (Å²) in [5.41, 5.74) is 3.44. The van der Waals surface area contributed by atoms with Gasteiger partial charge in [-0.1, -0.05) is 43.7 Å². The van der Waals surface area contributed by atoms with E-state index < -0.39 is 21.2 Å². The number of benzene rings is 2. The third-order valence-corrected chi connectivity index (χ3v) is 13.1. The molecule has 1 spiro atoms. The summed E-state index contributed by atoms with van der Waals surface area (Å²) in [5, 5.41) is 0.0348. The maximum atomic E-state index is 13.5. The number of hydrogen-bond donors (Lipinski definition) is 1. The van der Waals surface area contributed by atoms with E-state index in [9.17, 15) is 13.2 Å². The first-order valence-corrected chi connectivity index (χ1v) is 18.7. The van der Waals surface area contributed by atoms with E-state index in [1.54, 1.807) is 13.2 Å². The number of carbonyl (C=O) groups excluding carboxylic acids is 1. The first kappa shape index (κ1) is 33.3. The SMILES string of the molecule is CC[C@@H]1[C@@H](C)C/C=C/[C@H](OCCOC)[C@@H]2CC[C@H]2CN2C[C@@]3(CCCc4cc(Cl)ccc43)COc3ccc(cc32)C(=O)NS1(=O)=O. The van der Waals surface area contributed by atoms with Crippen LogP contribution in [0.25, 0.3) is 0 Å². The molecule has 0 unspecified atom stereocenters. The van der Waals surface area contributed by atoms with Crippen LogP contribution >= 0.6 is 11.6 Å². The Morgan fingerprint density at radius 3 is 2.76 bits per heavy atom. The van der Waals surface area contributed by atoms with Crippen LogP contribution < -0.4 is 14.4 Å². The Morgan fingerprint density at radius 1 is 1.15 bits per heavy atom. The van der Waals surface area contributed by atoms with Crippen molar-refractivity contribution in [3.05, 3.63) is 70.3 Å². The standard InChI is InChI=1S/C36H47ClN2O6S/c1-4-34-24(2)7-5-9-32(44-18-17-43-3)29-13-10-27(29)21-39-22-36(16-6-8-25-19-28(37)12-14-30(25)36)23-45-33-15-11-26(20-31(33)39)35(40)38-46(34,41)42/h5,9,11-12,14-15,19-20,24,27,29,32,34H,4,6-8,10,13,16-18,21-23H2,1-3H3,(H,38,40)/b9-5+/t24-,27-,29+,32-,34+,36-/m0/s1. The van der Waals surface area contributed by atoms with Gasteiger partial charge in [0.25, 0.3) is 5.91 Å². The predicted octanol–water partition coefficient (Wildman–Crippen LogP) is 6.31. The van der Waals surface area contributed by atoms with E-state index in [0.29, 0.717) is 55.8 Å². The van der Waals surface area contributed by atoms with E-state index in [4.69, 9.17) is 25.8 Å². The van der Waals surface area contributed by atoms with Crippen LogP contribution in [-0.4, -0.2) is 65.7 Å². The number of fused-ring (bicyclic) bond motifs is 4. The first-order chi connectivity index (χ1) is 22.1. The molecule has 8 nitrogen and oxygen atoms in total. The normalized spacial score (nSPS) is 31.4. The van der Waals surface area contributed by atoms with Gasteiger partial charge < -0.3 is 19.1 Å². The minimum atomic E-state index is -3.93. The molecule has 6 rings (SSSR count). The van der Waals surface area contributed by atoms with Crippen molar-refractivity contribution in [1.82, 2.24) is 4.72 Å². The van der Waals surface area contributed by atoms with Gasteiger partial charge in [0.05, 0.1) is 36.9 Å². The number of rotatable bonds is 5. The summed E-state index contributed by atoms with van der Waals surface area (Å²) in [5.74, 6) is 0.606. The fraction of sp³-hybridized carbons (Fsp3) is 0.583. The van der Waals surface area contributed by atoms with Crippen LogP contribution in [0.15, 0.2) is 48.6 Å². The zero-order valence-corrected chi connectivity index (χ0v) is 28.7. The fourth-order valence-electron chi connectivity index (χ4n) is 8.15. The monoisotopic (exact) mass is 670 g/mol. The maximum absolute atomic E-state index is 13.5. The van der Waals surface area contributed by atoms with Crippen molar-refractivity contribution < 1.29 is 27.4 Å². The second-order valence-corrected chi connectivity index (χ2v) is 16.0. The average Bonchev–Trinajstić information content (AvgIpc) is 3.15. The number of sulfonamides is 1. The van der Waals surface area contributed by atoms with Gasteiger partial charge in [-0.2, -0.15) is 0 Å². The summed E-state index contributed by atoms with van der Waals surface area (Å²) >= 11 is 6.44. The number of allylic oxidation sites excluding steroid dienone is 1. The van der Waals surface area contributed by atoms with E-state index in [1.807, 2.05) is 32.0 Å². The van der Waals surface area contributed by atoms with Gasteiger partial charge in [0.15, 0.2) is 0 Å². The van der Waals surface area contributed by atoms with Crippen molar-refractivity contribution in [2.45, 2.75) is 75.6 Å². The molecule has 0 aromatic heterocycles. The van der Waals surface area contributed by atoms with E-state index in [2.05, 4.69) is 33.9 Å². The molecule has 1 saturated carbocycles. The average molecular weight is 671 g/mol. The molecule has 46 heavy (non-hydrogen) atoms. The minimum absolute atomic E-state index is 0.0917. The lowest BCUT2D eigenvalue weighted by atomic mass is 9.68. The number of amides is 1. The molecule has 1 N–H and O–H groups in total. The number of aryl methyl sites for hydroxylation is 1. The molecule has 2 aliphatic carbocycles. The molecular weight excluding hydrogens is 624 g/mol. The molecule has 1 amide bonds. The molecule has 2 aliphatic heterocycles. The highest BCUT2D eigenvalue weighted by molar-refractivity contribution is 7.90. The second-order valence-electron chi connectivity index (χ2n) is 13.7. The lowest BCUT2D eigenvalue weighted by Gasteiger charge is -2.46. The van der Waals surface area contributed by atoms with Gasteiger partial charge in [0.1, 0.15) is 5.75 Å². The summed E-state index contributed by atoms with van der Waals surface area (Å²) in [6.07, 6.45) is 10.2. The molecule has 2 bridgehead atoms. The fourth-order valence-corrected chi connectivity index (χ4v) is 10.0. The van der Waals surface area contributed by atoms with E-state index in [1.165, 1.54) is 11.1 Å². The van der Waals surface area contributed by atoms with Crippen LogP contribution in [0.4, 0.5) is 5.69 Å². The number of hydrogen-bond acceptors (Lipinski definition) is 7. The lowest BCUT2D eigenvalue weighted by molar-refractivity contribution is -0.0309. The lowest BCUT2D eigenvalue weighted by Crippen LogP contribution is -2.49. The Balaban J connectivity index is 1.42. The molecule has 6 atom stereocenters. The van der Waals surface area contributed by atoms with Crippen LogP contribution in [0.5, 0.6) is 5.75 Å². The summed E-state index contributed by atoms with van der Waals surface area (Å²) in [6.45, 7) is 6.81. The maximum Gasteiger partial charge on any atom is 0.264 e. The topological polar surface area (TPSA) is 94.2 Å². The Bertz CT molecular complexity index is 1560. The Labute approximate surface area is 278 Å². The smallest absolute Gasteiger partial charge is 0.264 e. The van der Waals surface area contributed by atoms with Gasteiger partial charge in [-0.15, -0.1) is 0 Å². The van der Waals surface area contributed by atoms with Gasteiger partial charge in [-0.05, 0) is 104 Å². The van der Waals surface area contributed by atoms with Gasteiger partial charge in [0, 0.05) is 36.2 Å². The molecule has 0 saturated heterocycles. The quantitative estimate of drug-likeness (QED) is 0.295. The van der Waals surface area contributed by atoms with Crippen molar-refractivity contribution in [1.29, 1.82) is 0 Å². The zero-order valence-electron chi connectivity index (χ0n) is 27.2. The molecule has 250 valence electrons. The Hall–Kier alpha value is -2.59. The van der Waals surface area contributed by atoms with Crippen molar-refractivity contribution in [2.75, 3.05) is 44.9 Å². The van der Waals surface area contributed by atoms with Gasteiger partial charge >= 0.3 is 0 Å². The van der Waals surface area contributed by atoms with Gasteiger partial charge in [-0.25, -0.2) is 13.1 Å². The van der Waals surface area contributed by atoms with Crippen LogP contribution in [0, 0.1) is 17.8 Å². The van der Waals surface area contributed by atoms with Crippen LogP contribution in [0.2, 0.25) is 5.02 Å². The third-order valence-electron chi connectivity index (χ3n) is 10.8. The van der Waals surface area contributed by atoms with E-state index in [-0.39, 0.29) is 17.4 Å². The molecular formula is C36H47ClN2O6S. The third kappa shape index (κ3) is 6.71.